The number of hydrogen-bond donors (Lipinski definition) is 1. The zero-order valence-electron chi connectivity index (χ0n) is 12.6. The van der Waals surface area contributed by atoms with Gasteiger partial charge in [-0.25, -0.2) is 4.98 Å². The first kappa shape index (κ1) is 14.1. The Labute approximate surface area is 127 Å². The molecule has 0 aromatic carbocycles. The largest absolute Gasteiger partial charge is 0.462 e. The second-order valence-electron chi connectivity index (χ2n) is 5.08. The molecule has 3 rings (SSSR count). The predicted octanol–water partition coefficient (Wildman–Crippen LogP) is 2.83. The van der Waals surface area contributed by atoms with Gasteiger partial charge >= 0.3 is 0 Å². The molecule has 0 aliphatic heterocycles. The molecule has 1 amide bonds. The summed E-state index contributed by atoms with van der Waals surface area (Å²) in [6.45, 7) is 3.77. The third-order valence-electron chi connectivity index (χ3n) is 3.29. The van der Waals surface area contributed by atoms with Crippen molar-refractivity contribution >= 4 is 28.7 Å². The summed E-state index contributed by atoms with van der Waals surface area (Å²) < 4.78 is 7.09. The minimum Gasteiger partial charge on any atom is -0.462 e. The summed E-state index contributed by atoms with van der Waals surface area (Å²) in [5.41, 5.74) is 2.30. The highest BCUT2D eigenvalue weighted by Gasteiger charge is 2.08. The van der Waals surface area contributed by atoms with Gasteiger partial charge in [-0.3, -0.25) is 9.48 Å². The SMILES string of the molecule is Cc1ccc(/C=C/C(=O)Nc2cnc3c(c2)c(C)nn3C)o1. The highest BCUT2D eigenvalue weighted by Crippen LogP contribution is 2.19. The van der Waals surface area contributed by atoms with Gasteiger partial charge in [0.05, 0.1) is 17.6 Å². The molecule has 0 saturated heterocycles. The van der Waals surface area contributed by atoms with Crippen molar-refractivity contribution < 1.29 is 9.21 Å². The van der Waals surface area contributed by atoms with Crippen molar-refractivity contribution in [1.29, 1.82) is 0 Å². The van der Waals surface area contributed by atoms with Crippen molar-refractivity contribution in [3.8, 4) is 0 Å². The normalized spacial score (nSPS) is 11.4. The summed E-state index contributed by atoms with van der Waals surface area (Å²) in [5.74, 6) is 1.21. The molecule has 3 aromatic heterocycles. The number of amides is 1. The fraction of sp³-hybridized carbons (Fsp3) is 0.188. The topological polar surface area (TPSA) is 73.0 Å². The van der Waals surface area contributed by atoms with Crippen LogP contribution in [0.15, 0.2) is 34.9 Å². The lowest BCUT2D eigenvalue weighted by Crippen LogP contribution is -2.08. The quantitative estimate of drug-likeness (QED) is 0.754. The number of furan rings is 1. The van der Waals surface area contributed by atoms with Crippen LogP contribution in [0.1, 0.15) is 17.2 Å². The van der Waals surface area contributed by atoms with Gasteiger partial charge in [0.1, 0.15) is 11.5 Å². The molecule has 3 heterocycles. The highest BCUT2D eigenvalue weighted by molar-refractivity contribution is 6.02. The molecular weight excluding hydrogens is 280 g/mol. The number of rotatable bonds is 3. The smallest absolute Gasteiger partial charge is 0.248 e. The third kappa shape index (κ3) is 2.76. The molecule has 0 bridgehead atoms. The maximum Gasteiger partial charge on any atom is 0.248 e. The van der Waals surface area contributed by atoms with Crippen LogP contribution in [0.3, 0.4) is 0 Å². The van der Waals surface area contributed by atoms with Crippen LogP contribution in [0, 0.1) is 13.8 Å². The van der Waals surface area contributed by atoms with Gasteiger partial charge in [0.25, 0.3) is 0 Å². The first-order chi connectivity index (χ1) is 10.5. The molecule has 0 saturated carbocycles. The molecule has 112 valence electrons. The van der Waals surface area contributed by atoms with Crippen LogP contribution >= 0.6 is 0 Å². The fourth-order valence-corrected chi connectivity index (χ4v) is 2.26. The maximum atomic E-state index is 11.9. The molecule has 0 unspecified atom stereocenters. The van der Waals surface area contributed by atoms with Crippen molar-refractivity contribution in [1.82, 2.24) is 14.8 Å². The lowest BCUT2D eigenvalue weighted by molar-refractivity contribution is -0.111. The number of carbonyl (C=O) groups is 1. The van der Waals surface area contributed by atoms with Gasteiger partial charge in [-0.05, 0) is 38.1 Å². The second kappa shape index (κ2) is 5.48. The maximum absolute atomic E-state index is 11.9. The van der Waals surface area contributed by atoms with E-state index in [1.54, 1.807) is 17.0 Å². The molecule has 6 heteroatoms. The number of nitrogens with one attached hydrogen (secondary N) is 1. The molecule has 0 aliphatic carbocycles. The molecule has 0 radical (unpaired) electrons. The van der Waals surface area contributed by atoms with Crippen molar-refractivity contribution in [3.05, 3.63) is 47.7 Å². The Bertz CT molecular complexity index is 874. The Morgan fingerprint density at radius 3 is 2.91 bits per heavy atom. The minimum atomic E-state index is -0.239. The van der Waals surface area contributed by atoms with Crippen LogP contribution in [-0.2, 0) is 11.8 Å². The van der Waals surface area contributed by atoms with Gasteiger partial charge in [-0.2, -0.15) is 5.10 Å². The van der Waals surface area contributed by atoms with E-state index in [1.165, 1.54) is 6.08 Å². The van der Waals surface area contributed by atoms with E-state index in [9.17, 15) is 4.79 Å². The molecule has 0 spiro atoms. The van der Waals surface area contributed by atoms with Crippen LogP contribution in [0.2, 0.25) is 0 Å². The Kier molecular flexibility index (Phi) is 3.50. The van der Waals surface area contributed by atoms with Gasteiger partial charge in [-0.15, -0.1) is 0 Å². The molecule has 3 aromatic rings. The van der Waals surface area contributed by atoms with E-state index in [4.69, 9.17) is 4.42 Å². The summed E-state index contributed by atoms with van der Waals surface area (Å²) in [6.07, 6.45) is 4.68. The van der Waals surface area contributed by atoms with E-state index in [-0.39, 0.29) is 5.91 Å². The average molecular weight is 296 g/mol. The summed E-state index contributed by atoms with van der Waals surface area (Å²) in [6, 6.07) is 5.53. The first-order valence-electron chi connectivity index (χ1n) is 6.88. The zero-order valence-corrected chi connectivity index (χ0v) is 12.6. The standard InChI is InChI=1S/C16H16N4O2/c1-10-4-5-13(22-10)6-7-15(21)18-12-8-14-11(2)19-20(3)16(14)17-9-12/h4-9H,1-3H3,(H,18,21)/b7-6+. The Balaban J connectivity index is 1.76. The first-order valence-corrected chi connectivity index (χ1v) is 6.88. The van der Waals surface area contributed by atoms with Crippen molar-refractivity contribution in [2.24, 2.45) is 7.05 Å². The van der Waals surface area contributed by atoms with Crippen LogP contribution < -0.4 is 5.32 Å². The van der Waals surface area contributed by atoms with Crippen LogP contribution in [0.4, 0.5) is 5.69 Å². The van der Waals surface area contributed by atoms with E-state index < -0.39 is 0 Å². The second-order valence-corrected chi connectivity index (χ2v) is 5.08. The number of aromatic nitrogens is 3. The molecule has 0 fully saturated rings. The Hall–Kier alpha value is -2.89. The summed E-state index contributed by atoms with van der Waals surface area (Å²) in [4.78, 5) is 16.2. The zero-order chi connectivity index (χ0) is 15.7. The van der Waals surface area contributed by atoms with Crippen LogP contribution in [0.25, 0.3) is 17.1 Å². The molecule has 6 nitrogen and oxygen atoms in total. The number of pyridine rings is 1. The van der Waals surface area contributed by atoms with E-state index >= 15 is 0 Å². The molecule has 0 atom stereocenters. The molecule has 1 N–H and O–H groups in total. The van der Waals surface area contributed by atoms with E-state index in [1.807, 2.05) is 39.1 Å². The van der Waals surface area contributed by atoms with Gasteiger partial charge in [0.15, 0.2) is 5.65 Å². The monoisotopic (exact) mass is 296 g/mol. The van der Waals surface area contributed by atoms with Crippen LogP contribution in [-0.4, -0.2) is 20.7 Å². The minimum absolute atomic E-state index is 0.239. The fourth-order valence-electron chi connectivity index (χ4n) is 2.26. The Morgan fingerprint density at radius 1 is 1.36 bits per heavy atom. The average Bonchev–Trinajstić information content (AvgIpc) is 3.01. The van der Waals surface area contributed by atoms with Gasteiger partial charge < -0.3 is 9.73 Å². The summed E-state index contributed by atoms with van der Waals surface area (Å²) in [7, 11) is 1.84. The van der Waals surface area contributed by atoms with Crippen LogP contribution in [0.5, 0.6) is 0 Å². The Morgan fingerprint density at radius 2 is 2.18 bits per heavy atom. The predicted molar refractivity (Wildman–Crippen MR) is 84.4 cm³/mol. The number of anilines is 1. The van der Waals surface area contributed by atoms with Crippen molar-refractivity contribution in [2.75, 3.05) is 5.32 Å². The van der Waals surface area contributed by atoms with Gasteiger partial charge in [0.2, 0.25) is 5.91 Å². The third-order valence-corrected chi connectivity index (χ3v) is 3.29. The van der Waals surface area contributed by atoms with E-state index in [0.29, 0.717) is 11.4 Å². The van der Waals surface area contributed by atoms with Gasteiger partial charge in [-0.1, -0.05) is 0 Å². The number of aryl methyl sites for hydroxylation is 3. The van der Waals surface area contributed by atoms with Crippen molar-refractivity contribution in [3.63, 3.8) is 0 Å². The lowest BCUT2D eigenvalue weighted by atomic mass is 10.2. The molecule has 22 heavy (non-hydrogen) atoms. The number of carbonyl (C=O) groups excluding carboxylic acids is 1. The number of hydrogen-bond acceptors (Lipinski definition) is 4. The highest BCUT2D eigenvalue weighted by atomic mass is 16.3. The molecule has 0 aliphatic rings. The summed E-state index contributed by atoms with van der Waals surface area (Å²) in [5, 5.41) is 8.01. The summed E-state index contributed by atoms with van der Waals surface area (Å²) >= 11 is 0. The lowest BCUT2D eigenvalue weighted by Gasteiger charge is -2.02. The van der Waals surface area contributed by atoms with Gasteiger partial charge in [0, 0.05) is 18.5 Å². The van der Waals surface area contributed by atoms with Crippen molar-refractivity contribution in [2.45, 2.75) is 13.8 Å². The van der Waals surface area contributed by atoms with E-state index in [2.05, 4.69) is 15.4 Å². The number of nitrogens with zero attached hydrogens (tertiary/aromatic N) is 3. The van der Waals surface area contributed by atoms with E-state index in [0.717, 1.165) is 22.5 Å². The molecular formula is C16H16N4O2. The number of fused-ring (bicyclic) bond motifs is 1.